The average Bonchev–Trinajstić information content (AvgIpc) is 3.10. The first-order valence-corrected chi connectivity index (χ1v) is 10.5. The minimum Gasteiger partial charge on any atom is -0.445 e. The van der Waals surface area contributed by atoms with Gasteiger partial charge < -0.3 is 9.64 Å². The summed E-state index contributed by atoms with van der Waals surface area (Å²) >= 11 is 0. The fraction of sp³-hybridized carbons (Fsp3) is 0.292. The lowest BCUT2D eigenvalue weighted by Crippen LogP contribution is -2.58. The number of anilines is 1. The highest BCUT2D eigenvalue weighted by atomic mass is 19.4. The molecule has 0 unspecified atom stereocenters. The number of hydrogen-bond donors (Lipinski definition) is 0. The van der Waals surface area contributed by atoms with Crippen LogP contribution in [0.4, 0.5) is 23.7 Å². The molecular formula is C24H19F3N2O4. The van der Waals surface area contributed by atoms with Crippen molar-refractivity contribution in [3.63, 3.8) is 0 Å². The van der Waals surface area contributed by atoms with Crippen LogP contribution >= 0.6 is 0 Å². The largest absolute Gasteiger partial charge is 0.445 e. The van der Waals surface area contributed by atoms with Crippen LogP contribution < -0.4 is 4.90 Å². The molecule has 6 rings (SSSR count). The van der Waals surface area contributed by atoms with Gasteiger partial charge in [0.1, 0.15) is 6.61 Å². The Hall–Kier alpha value is -3.62. The molecule has 2 aromatic carbocycles. The number of hydrogen-bond acceptors (Lipinski definition) is 4. The molecule has 33 heavy (non-hydrogen) atoms. The van der Waals surface area contributed by atoms with Crippen molar-refractivity contribution in [3.8, 4) is 0 Å². The number of piperidine rings is 1. The predicted molar refractivity (Wildman–Crippen MR) is 111 cm³/mol. The Morgan fingerprint density at radius 1 is 0.970 bits per heavy atom. The molecule has 3 heterocycles. The summed E-state index contributed by atoms with van der Waals surface area (Å²) in [5, 5.41) is 0. The van der Waals surface area contributed by atoms with E-state index in [4.69, 9.17) is 4.74 Å². The summed E-state index contributed by atoms with van der Waals surface area (Å²) < 4.78 is 44.9. The van der Waals surface area contributed by atoms with Gasteiger partial charge in [-0.1, -0.05) is 48.6 Å². The first-order valence-electron chi connectivity index (χ1n) is 10.5. The molecule has 3 aliphatic heterocycles. The van der Waals surface area contributed by atoms with Crippen molar-refractivity contribution in [2.75, 3.05) is 11.4 Å². The quantitative estimate of drug-likeness (QED) is 0.517. The van der Waals surface area contributed by atoms with Gasteiger partial charge in [-0.15, -0.1) is 0 Å². The zero-order chi connectivity index (χ0) is 23.3. The zero-order valence-corrected chi connectivity index (χ0v) is 17.2. The smallest absolute Gasteiger partial charge is 0.416 e. The standard InChI is InChI=1S/C24H19F3N2O4/c25-24(26,27)16-7-4-8-17(11-16)29-21(30)19-15-9-10-18(20(19)22(29)31)28(12-15)23(32)33-13-14-5-2-1-3-6-14/h1-11,15,18-20H,12-13H2/t15-,18-,19+,20-/m1/s1. The summed E-state index contributed by atoms with van der Waals surface area (Å²) in [6.07, 6.45) is -1.70. The van der Waals surface area contributed by atoms with Gasteiger partial charge in [0.2, 0.25) is 11.8 Å². The van der Waals surface area contributed by atoms with E-state index in [-0.39, 0.29) is 18.8 Å². The Morgan fingerprint density at radius 3 is 2.42 bits per heavy atom. The number of carbonyl (C=O) groups excluding carboxylic acids is 3. The van der Waals surface area contributed by atoms with Gasteiger partial charge in [-0.25, -0.2) is 9.69 Å². The Labute approximate surface area is 187 Å². The van der Waals surface area contributed by atoms with E-state index in [1.807, 2.05) is 30.3 Å². The van der Waals surface area contributed by atoms with Crippen molar-refractivity contribution < 1.29 is 32.3 Å². The minimum absolute atomic E-state index is 0.0641. The molecule has 1 aliphatic carbocycles. The Balaban J connectivity index is 1.38. The van der Waals surface area contributed by atoms with E-state index in [1.165, 1.54) is 17.0 Å². The normalized spacial score (nSPS) is 26.0. The zero-order valence-electron chi connectivity index (χ0n) is 17.2. The molecular weight excluding hydrogens is 437 g/mol. The van der Waals surface area contributed by atoms with Gasteiger partial charge in [-0.05, 0) is 23.8 Å². The van der Waals surface area contributed by atoms with Gasteiger partial charge in [0.15, 0.2) is 0 Å². The number of fused-ring (bicyclic) bond motifs is 1. The Kier molecular flexibility index (Phi) is 4.99. The number of rotatable bonds is 3. The van der Waals surface area contributed by atoms with Crippen molar-refractivity contribution in [1.29, 1.82) is 0 Å². The topological polar surface area (TPSA) is 66.9 Å². The van der Waals surface area contributed by atoms with Crippen LogP contribution in [0.2, 0.25) is 0 Å². The van der Waals surface area contributed by atoms with Gasteiger partial charge in [0.05, 0.1) is 29.1 Å². The van der Waals surface area contributed by atoms with Gasteiger partial charge in [0, 0.05) is 12.5 Å². The minimum atomic E-state index is -4.60. The number of ether oxygens (including phenoxy) is 1. The van der Waals surface area contributed by atoms with Crippen LogP contribution in [0.15, 0.2) is 66.7 Å². The number of alkyl halides is 3. The van der Waals surface area contributed by atoms with Crippen LogP contribution in [0.25, 0.3) is 0 Å². The highest BCUT2D eigenvalue weighted by molar-refractivity contribution is 6.23. The second-order valence-corrected chi connectivity index (χ2v) is 8.34. The molecule has 6 nitrogen and oxygen atoms in total. The molecule has 2 saturated heterocycles. The van der Waals surface area contributed by atoms with E-state index in [9.17, 15) is 27.6 Å². The van der Waals surface area contributed by atoms with Gasteiger partial charge in [0.25, 0.3) is 0 Å². The summed E-state index contributed by atoms with van der Waals surface area (Å²) in [6, 6.07) is 12.6. The first-order chi connectivity index (χ1) is 15.8. The number of amides is 3. The van der Waals surface area contributed by atoms with E-state index in [1.54, 1.807) is 12.2 Å². The molecule has 0 aromatic heterocycles. The van der Waals surface area contributed by atoms with Crippen molar-refractivity contribution in [2.45, 2.75) is 18.8 Å². The summed E-state index contributed by atoms with van der Waals surface area (Å²) in [6.45, 7) is 0.264. The summed E-state index contributed by atoms with van der Waals surface area (Å²) in [7, 11) is 0. The Bertz CT molecular complexity index is 1150. The molecule has 2 fully saturated rings. The predicted octanol–water partition coefficient (Wildman–Crippen LogP) is 4.02. The monoisotopic (exact) mass is 456 g/mol. The molecule has 9 heteroatoms. The maximum atomic E-state index is 13.3. The average molecular weight is 456 g/mol. The second-order valence-electron chi connectivity index (χ2n) is 8.34. The van der Waals surface area contributed by atoms with Gasteiger partial charge >= 0.3 is 12.3 Å². The van der Waals surface area contributed by atoms with Crippen LogP contribution in [-0.4, -0.2) is 35.4 Å². The molecule has 0 N–H and O–H groups in total. The Morgan fingerprint density at radius 2 is 1.70 bits per heavy atom. The van der Waals surface area contributed by atoms with E-state index in [0.29, 0.717) is 0 Å². The summed E-state index contributed by atoms with van der Waals surface area (Å²) in [5.41, 5.74) is -0.251. The van der Waals surface area contributed by atoms with Crippen LogP contribution in [0.3, 0.4) is 0 Å². The molecule has 2 bridgehead atoms. The van der Waals surface area contributed by atoms with Crippen molar-refractivity contribution in [3.05, 3.63) is 77.9 Å². The fourth-order valence-corrected chi connectivity index (χ4v) is 4.91. The van der Waals surface area contributed by atoms with Crippen molar-refractivity contribution >= 4 is 23.6 Å². The fourth-order valence-electron chi connectivity index (χ4n) is 4.91. The van der Waals surface area contributed by atoms with E-state index in [2.05, 4.69) is 0 Å². The highest BCUT2D eigenvalue weighted by Crippen LogP contribution is 2.47. The number of imide groups is 1. The number of nitrogens with zero attached hydrogens (tertiary/aromatic N) is 2. The lowest BCUT2D eigenvalue weighted by molar-refractivity contribution is -0.137. The van der Waals surface area contributed by atoms with Crippen LogP contribution in [0, 0.1) is 17.8 Å². The third kappa shape index (κ3) is 3.57. The molecule has 4 atom stereocenters. The number of halogens is 3. The highest BCUT2D eigenvalue weighted by Gasteiger charge is 2.60. The summed E-state index contributed by atoms with van der Waals surface area (Å²) in [5.74, 6) is -3.15. The second kappa shape index (κ2) is 7.75. The van der Waals surface area contributed by atoms with Crippen molar-refractivity contribution in [2.24, 2.45) is 17.8 Å². The van der Waals surface area contributed by atoms with Crippen LogP contribution in [-0.2, 0) is 27.1 Å². The molecule has 4 aliphatic rings. The lowest BCUT2D eigenvalue weighted by Gasteiger charge is -2.45. The van der Waals surface area contributed by atoms with Crippen LogP contribution in [0.5, 0.6) is 0 Å². The molecule has 0 spiro atoms. The lowest BCUT2D eigenvalue weighted by atomic mass is 9.70. The maximum absolute atomic E-state index is 13.3. The SMILES string of the molecule is O=C1[C@@H]2[C@H](C(=O)N1c1cccc(C(F)(F)F)c1)[C@H]1C=C[C@@H]2CN1C(=O)OCc1ccccc1. The van der Waals surface area contributed by atoms with Crippen LogP contribution in [0.1, 0.15) is 11.1 Å². The van der Waals surface area contributed by atoms with Gasteiger partial charge in [-0.3, -0.25) is 9.59 Å². The number of benzene rings is 2. The molecule has 3 amide bonds. The number of carbonyl (C=O) groups is 3. The van der Waals surface area contributed by atoms with E-state index in [0.717, 1.165) is 22.6 Å². The maximum Gasteiger partial charge on any atom is 0.416 e. The molecule has 2 aromatic rings. The molecule has 170 valence electrons. The van der Waals surface area contributed by atoms with E-state index >= 15 is 0 Å². The van der Waals surface area contributed by atoms with Crippen molar-refractivity contribution in [1.82, 2.24) is 4.90 Å². The summed E-state index contributed by atoms with van der Waals surface area (Å²) in [4.78, 5) is 41.4. The third-order valence-corrected chi connectivity index (χ3v) is 6.42. The van der Waals surface area contributed by atoms with E-state index < -0.39 is 53.4 Å². The molecule has 0 saturated carbocycles. The van der Waals surface area contributed by atoms with Gasteiger partial charge in [-0.2, -0.15) is 13.2 Å². The molecule has 0 radical (unpaired) electrons. The third-order valence-electron chi connectivity index (χ3n) is 6.42. The first kappa shape index (κ1) is 21.2.